The third kappa shape index (κ3) is 76.6. The van der Waals surface area contributed by atoms with E-state index in [0.717, 1.165) is 108 Å². The van der Waals surface area contributed by atoms with Gasteiger partial charge in [-0.15, -0.1) is 0 Å². The predicted octanol–water partition coefficient (Wildman–Crippen LogP) is 25.3. The standard InChI is InChI=1S/C84H164O17P2/c1-8-10-11-12-13-14-15-16-17-18-19-20-21-22-27-30-33-36-39-44-53-60-67-83(88)100-79(71-94-81(86)65-58-51-43-38-35-32-29-26-24-23-25-28-31-34-37-41-48-55-62-75(3)4)73-98-102(90,91)96-69-78(85)70-97-103(92,93)99-74-80(101-84(89)68-61-54-45-40-42-49-56-63-76(5)6)72-95-82(87)66-59-52-47-46-50-57-64-77(7)9-2/h75-80,85H,8-74H2,1-7H3,(H,90,91)(H,92,93)/t77?,78-,79-,80-/m1/s1. The molecule has 0 amide bonds. The highest BCUT2D eigenvalue weighted by atomic mass is 31.2. The largest absolute Gasteiger partial charge is 0.472 e. The zero-order valence-corrected chi connectivity index (χ0v) is 69.6. The van der Waals surface area contributed by atoms with Crippen molar-refractivity contribution in [2.24, 2.45) is 17.8 Å². The van der Waals surface area contributed by atoms with Crippen molar-refractivity contribution < 1.29 is 80.2 Å². The van der Waals surface area contributed by atoms with Gasteiger partial charge in [0, 0.05) is 25.7 Å². The van der Waals surface area contributed by atoms with E-state index in [4.69, 9.17) is 37.0 Å². The van der Waals surface area contributed by atoms with Gasteiger partial charge >= 0.3 is 39.5 Å². The van der Waals surface area contributed by atoms with Crippen LogP contribution < -0.4 is 0 Å². The summed E-state index contributed by atoms with van der Waals surface area (Å²) in [6, 6.07) is 0. The van der Waals surface area contributed by atoms with Crippen LogP contribution in [0.3, 0.4) is 0 Å². The molecule has 0 bridgehead atoms. The lowest BCUT2D eigenvalue weighted by Crippen LogP contribution is -2.30. The summed E-state index contributed by atoms with van der Waals surface area (Å²) in [5.41, 5.74) is 0. The molecule has 0 aromatic carbocycles. The van der Waals surface area contributed by atoms with Gasteiger partial charge in [0.1, 0.15) is 19.3 Å². The molecule has 0 saturated heterocycles. The van der Waals surface area contributed by atoms with Gasteiger partial charge in [-0.1, -0.05) is 389 Å². The number of aliphatic hydroxyl groups is 1. The van der Waals surface area contributed by atoms with Gasteiger partial charge in [0.05, 0.1) is 26.4 Å². The average Bonchev–Trinajstić information content (AvgIpc) is 0.926. The van der Waals surface area contributed by atoms with Crippen molar-refractivity contribution in [2.75, 3.05) is 39.6 Å². The highest BCUT2D eigenvalue weighted by molar-refractivity contribution is 7.47. The molecule has 0 rings (SSSR count). The SMILES string of the molecule is CCCCCCCCCCCCCCCCCCCCCCCCC(=O)O[C@H](COC(=O)CCCCCCCCCCCCCCCCCCCCC(C)C)COP(=O)(O)OC[C@@H](O)COP(=O)(O)OC[C@@H](COC(=O)CCCCCCCCC(C)CC)OC(=O)CCCCCCCCCC(C)C. The summed E-state index contributed by atoms with van der Waals surface area (Å²) >= 11 is 0. The Balaban J connectivity index is 5.17. The van der Waals surface area contributed by atoms with E-state index >= 15 is 0 Å². The fraction of sp³-hybridized carbons (Fsp3) is 0.952. The monoisotopic (exact) mass is 1510 g/mol. The van der Waals surface area contributed by atoms with E-state index in [9.17, 15) is 43.2 Å². The third-order valence-corrected chi connectivity index (χ3v) is 21.9. The molecule has 3 unspecified atom stereocenters. The number of hydrogen-bond acceptors (Lipinski definition) is 15. The first-order valence-corrected chi connectivity index (χ1v) is 46.4. The molecule has 0 saturated carbocycles. The number of hydrogen-bond donors (Lipinski definition) is 3. The summed E-state index contributed by atoms with van der Waals surface area (Å²) in [4.78, 5) is 73.0. The molecule has 0 aromatic heterocycles. The lowest BCUT2D eigenvalue weighted by molar-refractivity contribution is -0.161. The molecule has 0 radical (unpaired) electrons. The van der Waals surface area contributed by atoms with Crippen LogP contribution in [0.15, 0.2) is 0 Å². The van der Waals surface area contributed by atoms with Crippen LogP contribution in [0, 0.1) is 17.8 Å². The van der Waals surface area contributed by atoms with Crippen LogP contribution >= 0.6 is 15.6 Å². The highest BCUT2D eigenvalue weighted by Gasteiger charge is 2.30. The minimum Gasteiger partial charge on any atom is -0.462 e. The fourth-order valence-corrected chi connectivity index (χ4v) is 14.6. The van der Waals surface area contributed by atoms with Gasteiger partial charge in [-0.25, -0.2) is 9.13 Å². The molecule has 0 heterocycles. The van der Waals surface area contributed by atoms with Crippen molar-refractivity contribution in [2.45, 2.75) is 458 Å². The van der Waals surface area contributed by atoms with E-state index in [2.05, 4.69) is 48.5 Å². The summed E-state index contributed by atoms with van der Waals surface area (Å²) in [6.07, 6.45) is 64.3. The minimum absolute atomic E-state index is 0.103. The highest BCUT2D eigenvalue weighted by Crippen LogP contribution is 2.45. The van der Waals surface area contributed by atoms with Gasteiger partial charge in [-0.05, 0) is 43.4 Å². The summed E-state index contributed by atoms with van der Waals surface area (Å²) in [5.74, 6) is 0.135. The van der Waals surface area contributed by atoms with Crippen LogP contribution in [-0.2, 0) is 65.4 Å². The first-order chi connectivity index (χ1) is 49.8. The molecule has 0 fully saturated rings. The maximum Gasteiger partial charge on any atom is 0.472 e. The summed E-state index contributed by atoms with van der Waals surface area (Å²) in [6.45, 7) is 11.9. The number of unbranched alkanes of at least 4 members (excludes halogenated alkanes) is 49. The van der Waals surface area contributed by atoms with E-state index in [1.165, 1.54) is 244 Å². The number of rotatable bonds is 82. The quantitative estimate of drug-likeness (QED) is 0.0222. The predicted molar refractivity (Wildman–Crippen MR) is 423 cm³/mol. The van der Waals surface area contributed by atoms with E-state index < -0.39 is 97.5 Å². The number of carbonyl (C=O) groups excluding carboxylic acids is 4. The third-order valence-electron chi connectivity index (χ3n) is 20.0. The van der Waals surface area contributed by atoms with E-state index in [1.807, 2.05) is 0 Å². The van der Waals surface area contributed by atoms with E-state index in [-0.39, 0.29) is 25.7 Å². The molecule has 17 nitrogen and oxygen atoms in total. The Labute approximate surface area is 632 Å². The Bertz CT molecular complexity index is 1990. The second kappa shape index (κ2) is 74.2. The lowest BCUT2D eigenvalue weighted by atomic mass is 10.00. The van der Waals surface area contributed by atoms with Gasteiger partial charge in [-0.2, -0.15) is 0 Å². The van der Waals surface area contributed by atoms with Crippen LogP contribution in [0.2, 0.25) is 0 Å². The summed E-state index contributed by atoms with van der Waals surface area (Å²) < 4.78 is 68.7. The molecule has 0 spiro atoms. The van der Waals surface area contributed by atoms with Crippen LogP contribution in [-0.4, -0.2) is 96.7 Å². The maximum absolute atomic E-state index is 13.1. The van der Waals surface area contributed by atoms with Crippen LogP contribution in [0.4, 0.5) is 0 Å². The maximum atomic E-state index is 13.1. The molecule has 19 heteroatoms. The number of ether oxygens (including phenoxy) is 4. The van der Waals surface area contributed by atoms with Crippen molar-refractivity contribution in [3.05, 3.63) is 0 Å². The molecule has 0 aliphatic rings. The smallest absolute Gasteiger partial charge is 0.462 e. The molecular formula is C84H164O17P2. The van der Waals surface area contributed by atoms with Gasteiger partial charge in [-0.3, -0.25) is 37.3 Å². The zero-order chi connectivity index (χ0) is 75.8. The van der Waals surface area contributed by atoms with Crippen molar-refractivity contribution in [3.8, 4) is 0 Å². The lowest BCUT2D eigenvalue weighted by Gasteiger charge is -2.21. The average molecular weight is 1510 g/mol. The van der Waals surface area contributed by atoms with Crippen LogP contribution in [0.5, 0.6) is 0 Å². The van der Waals surface area contributed by atoms with E-state index in [1.54, 1.807) is 0 Å². The molecule has 6 atom stereocenters. The number of aliphatic hydroxyl groups excluding tert-OH is 1. The second-order valence-corrected chi connectivity index (χ2v) is 34.3. The Hall–Kier alpha value is -1.94. The van der Waals surface area contributed by atoms with Crippen LogP contribution in [0.25, 0.3) is 0 Å². The molecule has 612 valence electrons. The van der Waals surface area contributed by atoms with Crippen LogP contribution in [0.1, 0.15) is 440 Å². The van der Waals surface area contributed by atoms with Gasteiger partial charge < -0.3 is 33.8 Å². The Kier molecular flexibility index (Phi) is 72.8. The molecule has 3 N–H and O–H groups in total. The topological polar surface area (TPSA) is 237 Å². The molecule has 0 aromatic rings. The fourth-order valence-electron chi connectivity index (χ4n) is 13.0. The number of phosphoric acid groups is 2. The second-order valence-electron chi connectivity index (χ2n) is 31.4. The van der Waals surface area contributed by atoms with Gasteiger partial charge in [0.2, 0.25) is 0 Å². The summed E-state index contributed by atoms with van der Waals surface area (Å²) in [5, 5.41) is 10.6. The molecular weight excluding hydrogens is 1340 g/mol. The van der Waals surface area contributed by atoms with Crippen molar-refractivity contribution in [3.63, 3.8) is 0 Å². The molecule has 0 aliphatic heterocycles. The first kappa shape index (κ1) is 101. The number of carbonyl (C=O) groups is 4. The molecule has 0 aliphatic carbocycles. The van der Waals surface area contributed by atoms with Crippen molar-refractivity contribution >= 4 is 39.5 Å². The Morgan fingerprint density at radius 1 is 0.282 bits per heavy atom. The number of phosphoric ester groups is 2. The van der Waals surface area contributed by atoms with Gasteiger partial charge in [0.25, 0.3) is 0 Å². The zero-order valence-electron chi connectivity index (χ0n) is 67.8. The normalized spacial score (nSPS) is 14.2. The van der Waals surface area contributed by atoms with Crippen molar-refractivity contribution in [1.82, 2.24) is 0 Å². The first-order valence-electron chi connectivity index (χ1n) is 43.4. The van der Waals surface area contributed by atoms with Crippen molar-refractivity contribution in [1.29, 1.82) is 0 Å². The number of esters is 4. The molecule has 103 heavy (non-hydrogen) atoms. The van der Waals surface area contributed by atoms with Gasteiger partial charge in [0.15, 0.2) is 12.2 Å². The van der Waals surface area contributed by atoms with E-state index in [0.29, 0.717) is 31.6 Å². The minimum atomic E-state index is -4.96. The Morgan fingerprint density at radius 3 is 0.738 bits per heavy atom. The summed E-state index contributed by atoms with van der Waals surface area (Å²) in [7, 11) is -9.92. The Morgan fingerprint density at radius 2 is 0.495 bits per heavy atom.